The lowest BCUT2D eigenvalue weighted by molar-refractivity contribution is -0.441. The zero-order chi connectivity index (χ0) is 29.8. The van der Waals surface area contributed by atoms with E-state index in [1.165, 1.54) is 12.1 Å². The number of aliphatic carboxylic acids is 1. The molecule has 2 aromatic rings. The zero-order valence-corrected chi connectivity index (χ0v) is 18.1. The van der Waals surface area contributed by atoms with Crippen molar-refractivity contribution in [2.75, 3.05) is 0 Å². The maximum atomic E-state index is 14.1. The molecule has 2 aromatic carbocycles. The van der Waals surface area contributed by atoms with E-state index in [1.54, 1.807) is 18.2 Å². The molecule has 0 unspecified atom stereocenters. The third-order valence-corrected chi connectivity index (χ3v) is 4.37. The molecule has 0 atom stereocenters. The highest BCUT2D eigenvalue weighted by molar-refractivity contribution is 5.78. The summed E-state index contributed by atoms with van der Waals surface area (Å²) >= 11 is 0. The molecule has 0 bridgehead atoms. The van der Waals surface area contributed by atoms with Crippen molar-refractivity contribution < 1.29 is 67.0 Å². The number of halogens is 13. The van der Waals surface area contributed by atoms with Crippen LogP contribution < -0.4 is 0 Å². The summed E-state index contributed by atoms with van der Waals surface area (Å²) in [6.45, 7) is 2.96. The lowest BCUT2D eigenvalue weighted by Crippen LogP contribution is -2.69. The second-order valence-corrected chi connectivity index (χ2v) is 6.99. The first-order valence-corrected chi connectivity index (χ1v) is 9.46. The molecule has 0 heterocycles. The Morgan fingerprint density at radius 1 is 0.632 bits per heavy atom. The van der Waals surface area contributed by atoms with E-state index >= 15 is 0 Å². The molecule has 0 amide bonds. The van der Waals surface area contributed by atoms with Crippen LogP contribution in [0.5, 0.6) is 0 Å². The molecule has 0 aliphatic carbocycles. The minimum Gasteiger partial charge on any atom is -0.478 e. The highest BCUT2D eigenvalue weighted by Crippen LogP contribution is 2.62. The van der Waals surface area contributed by atoms with Crippen molar-refractivity contribution in [3.05, 3.63) is 72.8 Å². The van der Waals surface area contributed by atoms with E-state index in [-0.39, 0.29) is 23.5 Å². The Kier molecular flexibility index (Phi) is 9.36. The molecule has 0 spiro atoms. The van der Waals surface area contributed by atoms with E-state index in [2.05, 4.69) is 16.8 Å². The number of carbonyl (C=O) groups is 1. The van der Waals surface area contributed by atoms with Crippen molar-refractivity contribution in [2.45, 2.75) is 35.8 Å². The topological polar surface area (TPSA) is 62.0 Å². The van der Waals surface area contributed by atoms with Gasteiger partial charge in [-0.2, -0.15) is 67.3 Å². The van der Waals surface area contributed by atoms with Crippen molar-refractivity contribution in [3.8, 4) is 0 Å². The molecule has 38 heavy (non-hydrogen) atoms. The van der Waals surface area contributed by atoms with Gasteiger partial charge in [0.2, 0.25) is 0 Å². The van der Waals surface area contributed by atoms with Gasteiger partial charge in [0.05, 0.1) is 11.4 Å². The number of nitrogens with zero attached hydrogens (tertiary/aromatic N) is 2. The Bertz CT molecular complexity index is 1130. The van der Waals surface area contributed by atoms with Gasteiger partial charge in [0.1, 0.15) is 0 Å². The number of benzene rings is 2. The number of hydrogen-bond donors (Lipinski definition) is 1. The summed E-state index contributed by atoms with van der Waals surface area (Å²) in [6.07, 6.45) is -6.61. The second kappa shape index (κ2) is 11.0. The van der Waals surface area contributed by atoms with Gasteiger partial charge in [0.25, 0.3) is 0 Å². The Balaban J connectivity index is 0.00000132. The number of rotatable bonds is 8. The molecular weight excluding hydrogens is 559 g/mol. The van der Waals surface area contributed by atoms with Crippen LogP contribution >= 0.6 is 0 Å². The standard InChI is InChI=1S/C18H9F13N2.C3H4O2/c19-13(20,10-6-8-12(9-7-10)33-32-11-4-2-1-3-5-11)14(21,22)15(23,24)16(25,26)17(27,28)18(29,30)31;1-2-3(4)5/h1-9H;2H,1H2,(H,4,5)/b33-32+;. The fourth-order valence-corrected chi connectivity index (χ4v) is 2.30. The minimum atomic E-state index is -7.94. The number of carboxylic acid groups (broad SMARTS) is 1. The number of carboxylic acids is 1. The lowest BCUT2D eigenvalue weighted by atomic mass is 9.90. The first kappa shape index (κ1) is 32.4. The Labute approximate surface area is 204 Å². The fourth-order valence-electron chi connectivity index (χ4n) is 2.30. The lowest BCUT2D eigenvalue weighted by Gasteiger charge is -2.39. The van der Waals surface area contributed by atoms with Gasteiger partial charge in [0.15, 0.2) is 0 Å². The van der Waals surface area contributed by atoms with Crippen LogP contribution in [0.2, 0.25) is 0 Å². The fraction of sp³-hybridized carbons (Fsp3) is 0.286. The van der Waals surface area contributed by atoms with E-state index < -0.39 is 47.3 Å². The summed E-state index contributed by atoms with van der Waals surface area (Å²) in [7, 11) is 0. The van der Waals surface area contributed by atoms with Crippen LogP contribution in [-0.2, 0) is 10.7 Å². The molecule has 0 fully saturated rings. The van der Waals surface area contributed by atoms with Crippen LogP contribution in [0.1, 0.15) is 5.56 Å². The molecular formula is C21H13F13N2O2. The molecule has 4 nitrogen and oxygen atoms in total. The predicted molar refractivity (Wildman–Crippen MR) is 105 cm³/mol. The Morgan fingerprint density at radius 3 is 1.37 bits per heavy atom. The molecule has 2 rings (SSSR count). The van der Waals surface area contributed by atoms with E-state index in [0.29, 0.717) is 12.1 Å². The van der Waals surface area contributed by atoms with Gasteiger partial charge in [-0.25, -0.2) is 4.79 Å². The summed E-state index contributed by atoms with van der Waals surface area (Å²) in [5, 5.41) is 14.7. The highest BCUT2D eigenvalue weighted by Gasteiger charge is 2.90. The molecule has 0 saturated heterocycles. The van der Waals surface area contributed by atoms with E-state index in [9.17, 15) is 61.9 Å². The van der Waals surface area contributed by atoms with Gasteiger partial charge in [0, 0.05) is 11.6 Å². The quantitative estimate of drug-likeness (QED) is 0.196. The van der Waals surface area contributed by atoms with E-state index in [4.69, 9.17) is 5.11 Å². The van der Waals surface area contributed by atoms with Crippen LogP contribution in [-0.4, -0.2) is 40.9 Å². The van der Waals surface area contributed by atoms with Crippen LogP contribution in [0.4, 0.5) is 68.5 Å². The first-order chi connectivity index (χ1) is 17.1. The predicted octanol–water partition coefficient (Wildman–Crippen LogP) is 8.55. The van der Waals surface area contributed by atoms with Crippen LogP contribution in [0, 0.1) is 0 Å². The van der Waals surface area contributed by atoms with Gasteiger partial charge >= 0.3 is 41.8 Å². The smallest absolute Gasteiger partial charge is 0.460 e. The summed E-state index contributed by atoms with van der Waals surface area (Å²) in [5.74, 6) is -38.2. The largest absolute Gasteiger partial charge is 0.478 e. The zero-order valence-electron chi connectivity index (χ0n) is 18.1. The normalized spacial score (nSPS) is 13.6. The van der Waals surface area contributed by atoms with Crippen molar-refractivity contribution >= 4 is 17.3 Å². The van der Waals surface area contributed by atoms with E-state index in [0.717, 1.165) is 6.08 Å². The summed E-state index contributed by atoms with van der Waals surface area (Å²) in [4.78, 5) is 9.25. The van der Waals surface area contributed by atoms with Crippen molar-refractivity contribution in [1.29, 1.82) is 0 Å². The molecule has 0 saturated carbocycles. The number of azo groups is 1. The van der Waals surface area contributed by atoms with Gasteiger partial charge in [-0.1, -0.05) is 36.9 Å². The van der Waals surface area contributed by atoms with Gasteiger partial charge in [-0.05, 0) is 24.3 Å². The maximum absolute atomic E-state index is 14.1. The average molecular weight is 572 g/mol. The molecule has 0 radical (unpaired) electrons. The molecule has 0 aliphatic rings. The second-order valence-electron chi connectivity index (χ2n) is 6.99. The van der Waals surface area contributed by atoms with Crippen molar-refractivity contribution in [1.82, 2.24) is 0 Å². The molecule has 17 heteroatoms. The van der Waals surface area contributed by atoms with E-state index in [1.807, 2.05) is 0 Å². The summed E-state index contributed by atoms with van der Waals surface area (Å²) in [6, 6.07) is 8.67. The minimum absolute atomic E-state index is 0.0172. The van der Waals surface area contributed by atoms with Crippen LogP contribution in [0.25, 0.3) is 0 Å². The van der Waals surface area contributed by atoms with Gasteiger partial charge in [-0.3, -0.25) is 0 Å². The number of alkyl halides is 13. The molecule has 210 valence electrons. The third kappa shape index (κ3) is 6.07. The summed E-state index contributed by atoms with van der Waals surface area (Å²) < 4.78 is 172. The molecule has 0 aromatic heterocycles. The van der Waals surface area contributed by atoms with Gasteiger partial charge in [-0.15, -0.1) is 0 Å². The number of hydrogen-bond acceptors (Lipinski definition) is 3. The average Bonchev–Trinajstić information content (AvgIpc) is 2.82. The Morgan fingerprint density at radius 2 is 1.00 bits per heavy atom. The van der Waals surface area contributed by atoms with Gasteiger partial charge < -0.3 is 5.11 Å². The van der Waals surface area contributed by atoms with Crippen LogP contribution in [0.15, 0.2) is 77.5 Å². The van der Waals surface area contributed by atoms with Crippen LogP contribution in [0.3, 0.4) is 0 Å². The SMILES string of the molecule is C=CC(=O)O.FC(F)(F)C(F)(F)C(F)(F)C(F)(F)C(F)(F)C(F)(F)c1ccc(/N=N/c2ccccc2)cc1. The highest BCUT2D eigenvalue weighted by atomic mass is 19.4. The van der Waals surface area contributed by atoms with Crippen molar-refractivity contribution in [3.63, 3.8) is 0 Å². The third-order valence-electron chi connectivity index (χ3n) is 4.37. The Hall–Kier alpha value is -3.66. The molecule has 0 aliphatic heterocycles. The monoisotopic (exact) mass is 572 g/mol. The van der Waals surface area contributed by atoms with Crippen molar-refractivity contribution in [2.24, 2.45) is 10.2 Å². The summed E-state index contributed by atoms with van der Waals surface area (Å²) in [5.41, 5.74) is -2.13. The molecule has 1 N–H and O–H groups in total. The maximum Gasteiger partial charge on any atom is 0.460 e. The first-order valence-electron chi connectivity index (χ1n) is 9.46.